The largest absolute Gasteiger partial charge is 0.463 e. The van der Waals surface area contributed by atoms with E-state index >= 15 is 0 Å². The molecule has 8 heteroatoms. The van der Waals surface area contributed by atoms with Crippen molar-refractivity contribution >= 4 is 5.91 Å². The molecule has 0 atom stereocenters. The molecule has 0 aromatic carbocycles. The van der Waals surface area contributed by atoms with Crippen molar-refractivity contribution in [3.05, 3.63) is 42.3 Å². The molecule has 3 N–H and O–H groups in total. The normalized spacial score (nSPS) is 10.5. The Morgan fingerprint density at radius 3 is 3.11 bits per heavy atom. The summed E-state index contributed by atoms with van der Waals surface area (Å²) >= 11 is 0. The number of aromatic nitrogens is 5. The van der Waals surface area contributed by atoms with Gasteiger partial charge in [-0.25, -0.2) is 4.98 Å². The summed E-state index contributed by atoms with van der Waals surface area (Å²) < 4.78 is 5.21. The highest BCUT2D eigenvalue weighted by atomic mass is 16.3. The van der Waals surface area contributed by atoms with Crippen LogP contribution in [-0.2, 0) is 6.54 Å². The van der Waals surface area contributed by atoms with Gasteiger partial charge in [0.25, 0.3) is 5.91 Å². The number of rotatable bonds is 4. The summed E-state index contributed by atoms with van der Waals surface area (Å²) in [4.78, 5) is 15.7. The summed E-state index contributed by atoms with van der Waals surface area (Å²) in [5.41, 5.74) is 0.931. The van der Waals surface area contributed by atoms with Crippen LogP contribution in [0.4, 0.5) is 0 Å². The molecule has 3 rings (SSSR count). The van der Waals surface area contributed by atoms with Crippen LogP contribution in [0.2, 0.25) is 0 Å². The Morgan fingerprint density at radius 2 is 2.37 bits per heavy atom. The Balaban J connectivity index is 1.67. The molecule has 0 saturated heterocycles. The van der Waals surface area contributed by atoms with Crippen molar-refractivity contribution in [2.24, 2.45) is 0 Å². The zero-order chi connectivity index (χ0) is 13.1. The van der Waals surface area contributed by atoms with Gasteiger partial charge in [0.05, 0.1) is 12.8 Å². The predicted octanol–water partition coefficient (Wildman–Crippen LogP) is 0.718. The van der Waals surface area contributed by atoms with Crippen molar-refractivity contribution in [3.8, 4) is 11.5 Å². The lowest BCUT2D eigenvalue weighted by atomic mass is 10.3. The first-order valence-corrected chi connectivity index (χ1v) is 5.54. The number of hydrogen-bond donors (Lipinski definition) is 3. The van der Waals surface area contributed by atoms with Crippen LogP contribution >= 0.6 is 0 Å². The molecule has 0 radical (unpaired) electrons. The first-order valence-electron chi connectivity index (χ1n) is 5.54. The molecule has 0 aliphatic rings. The van der Waals surface area contributed by atoms with Crippen molar-refractivity contribution in [1.82, 2.24) is 30.7 Å². The quantitative estimate of drug-likeness (QED) is 0.638. The van der Waals surface area contributed by atoms with Gasteiger partial charge in [0.1, 0.15) is 17.8 Å². The van der Waals surface area contributed by atoms with Gasteiger partial charge in [0.2, 0.25) is 0 Å². The van der Waals surface area contributed by atoms with E-state index < -0.39 is 0 Å². The standard InChI is InChI=1S/C11H10N6O2/c18-11(12-5-10-13-6-14-17-10)8-4-7(15-16-8)9-2-1-3-19-9/h1-4,6H,5H2,(H,12,18)(H,15,16)(H,13,14,17). The predicted molar refractivity (Wildman–Crippen MR) is 63.8 cm³/mol. The van der Waals surface area contributed by atoms with Crippen molar-refractivity contribution in [2.75, 3.05) is 0 Å². The molecule has 0 aliphatic carbocycles. The van der Waals surface area contributed by atoms with Crippen LogP contribution in [0.1, 0.15) is 16.3 Å². The highest BCUT2D eigenvalue weighted by Crippen LogP contribution is 2.17. The van der Waals surface area contributed by atoms with E-state index in [0.29, 0.717) is 17.3 Å². The number of nitrogens with zero attached hydrogens (tertiary/aromatic N) is 3. The van der Waals surface area contributed by atoms with Gasteiger partial charge in [0.15, 0.2) is 11.5 Å². The average Bonchev–Trinajstić information content (AvgIpc) is 3.14. The topological polar surface area (TPSA) is 112 Å². The number of hydrogen-bond acceptors (Lipinski definition) is 5. The van der Waals surface area contributed by atoms with Crippen LogP contribution in [0.3, 0.4) is 0 Å². The zero-order valence-corrected chi connectivity index (χ0v) is 9.75. The summed E-state index contributed by atoms with van der Waals surface area (Å²) in [6.07, 6.45) is 2.94. The number of nitrogens with one attached hydrogen (secondary N) is 3. The Bertz CT molecular complexity index is 655. The molecule has 0 fully saturated rings. The molecule has 0 saturated carbocycles. The molecule has 0 spiro atoms. The van der Waals surface area contributed by atoms with Crippen LogP contribution < -0.4 is 5.32 Å². The number of H-pyrrole nitrogens is 2. The molecule has 0 bridgehead atoms. The maximum atomic E-state index is 11.8. The Labute approximate surface area is 107 Å². The lowest BCUT2D eigenvalue weighted by Crippen LogP contribution is -2.23. The molecular weight excluding hydrogens is 248 g/mol. The van der Waals surface area contributed by atoms with Gasteiger partial charge >= 0.3 is 0 Å². The van der Waals surface area contributed by atoms with Crippen LogP contribution in [-0.4, -0.2) is 31.3 Å². The molecule has 3 aromatic heterocycles. The maximum absolute atomic E-state index is 11.8. The second kappa shape index (κ2) is 4.77. The van der Waals surface area contributed by atoms with Gasteiger partial charge in [0, 0.05) is 6.07 Å². The molecular formula is C11H10N6O2. The summed E-state index contributed by atoms with van der Waals surface area (Å²) in [5, 5.41) is 15.7. The average molecular weight is 258 g/mol. The molecule has 96 valence electrons. The fourth-order valence-electron chi connectivity index (χ4n) is 1.57. The Kier molecular flexibility index (Phi) is 2.81. The number of carbonyl (C=O) groups is 1. The van der Waals surface area contributed by atoms with E-state index in [0.717, 1.165) is 0 Å². The van der Waals surface area contributed by atoms with E-state index in [4.69, 9.17) is 4.42 Å². The molecule has 0 aliphatic heterocycles. The molecule has 8 nitrogen and oxygen atoms in total. The first kappa shape index (κ1) is 11.2. The van der Waals surface area contributed by atoms with Crippen molar-refractivity contribution in [3.63, 3.8) is 0 Å². The first-order chi connectivity index (χ1) is 9.33. The summed E-state index contributed by atoms with van der Waals surface area (Å²) in [7, 11) is 0. The number of carbonyl (C=O) groups excluding carboxylic acids is 1. The second-order valence-corrected chi connectivity index (χ2v) is 3.76. The van der Waals surface area contributed by atoms with Crippen molar-refractivity contribution in [2.45, 2.75) is 6.54 Å². The van der Waals surface area contributed by atoms with Crippen molar-refractivity contribution in [1.29, 1.82) is 0 Å². The molecule has 1 amide bonds. The number of aromatic amines is 2. The highest BCUT2D eigenvalue weighted by molar-refractivity contribution is 5.93. The van der Waals surface area contributed by atoms with Gasteiger partial charge in [-0.3, -0.25) is 15.0 Å². The van der Waals surface area contributed by atoms with Gasteiger partial charge in [-0.1, -0.05) is 0 Å². The van der Waals surface area contributed by atoms with E-state index in [9.17, 15) is 4.79 Å². The molecule has 19 heavy (non-hydrogen) atoms. The smallest absolute Gasteiger partial charge is 0.272 e. The van der Waals surface area contributed by atoms with Gasteiger partial charge < -0.3 is 9.73 Å². The zero-order valence-electron chi connectivity index (χ0n) is 9.75. The third-order valence-electron chi connectivity index (χ3n) is 2.48. The fourth-order valence-corrected chi connectivity index (χ4v) is 1.57. The summed E-state index contributed by atoms with van der Waals surface area (Å²) in [5.74, 6) is 0.905. The summed E-state index contributed by atoms with van der Waals surface area (Å²) in [6.45, 7) is 0.266. The number of amides is 1. The van der Waals surface area contributed by atoms with Gasteiger partial charge in [-0.05, 0) is 12.1 Å². The third kappa shape index (κ3) is 2.37. The molecule has 3 aromatic rings. The maximum Gasteiger partial charge on any atom is 0.272 e. The molecule has 3 heterocycles. The number of furan rings is 1. The van der Waals surface area contributed by atoms with Crippen molar-refractivity contribution < 1.29 is 9.21 Å². The van der Waals surface area contributed by atoms with Crippen LogP contribution in [0.15, 0.2) is 35.2 Å². The van der Waals surface area contributed by atoms with E-state index in [1.54, 1.807) is 24.5 Å². The van der Waals surface area contributed by atoms with Gasteiger partial charge in [-0.15, -0.1) is 0 Å². The minimum absolute atomic E-state index is 0.266. The lowest BCUT2D eigenvalue weighted by Gasteiger charge is -1.98. The van der Waals surface area contributed by atoms with Crippen LogP contribution in [0.25, 0.3) is 11.5 Å². The van der Waals surface area contributed by atoms with E-state index in [1.165, 1.54) is 6.33 Å². The Hall–Kier alpha value is -2.90. The van der Waals surface area contributed by atoms with Gasteiger partial charge in [-0.2, -0.15) is 10.2 Å². The third-order valence-corrected chi connectivity index (χ3v) is 2.48. The van der Waals surface area contributed by atoms with Crippen LogP contribution in [0, 0.1) is 0 Å². The molecule has 0 unspecified atom stereocenters. The fraction of sp³-hybridized carbons (Fsp3) is 0.0909. The second-order valence-electron chi connectivity index (χ2n) is 3.76. The monoisotopic (exact) mass is 258 g/mol. The van der Waals surface area contributed by atoms with E-state index in [2.05, 4.69) is 30.7 Å². The van der Waals surface area contributed by atoms with E-state index in [-0.39, 0.29) is 18.1 Å². The lowest BCUT2D eigenvalue weighted by molar-refractivity contribution is 0.0945. The minimum Gasteiger partial charge on any atom is -0.463 e. The highest BCUT2D eigenvalue weighted by Gasteiger charge is 2.12. The minimum atomic E-state index is -0.301. The Morgan fingerprint density at radius 1 is 1.42 bits per heavy atom. The SMILES string of the molecule is O=C(NCc1ncn[nH]1)c1cc(-c2ccco2)[nH]n1. The van der Waals surface area contributed by atoms with Crippen LogP contribution in [0.5, 0.6) is 0 Å². The van der Waals surface area contributed by atoms with E-state index in [1.807, 2.05) is 0 Å². The summed E-state index contributed by atoms with van der Waals surface area (Å²) in [6, 6.07) is 5.16.